The molecular weight excluding hydrogens is 252 g/mol. The van der Waals surface area contributed by atoms with E-state index in [4.69, 9.17) is 16.1 Å². The summed E-state index contributed by atoms with van der Waals surface area (Å²) in [5, 5.41) is 11.4. The van der Waals surface area contributed by atoms with Crippen LogP contribution in [0.25, 0.3) is 23.0 Å². The molecule has 1 aromatic carbocycles. The molecule has 0 saturated carbocycles. The smallest absolute Gasteiger partial charge is 0.278 e. The Kier molecular flexibility index (Phi) is 2.60. The minimum absolute atomic E-state index is 0.384. The van der Waals surface area contributed by atoms with Crippen LogP contribution in [0, 0.1) is 6.92 Å². The Hall–Kier alpha value is -2.14. The van der Waals surface area contributed by atoms with E-state index in [1.54, 1.807) is 12.1 Å². The van der Waals surface area contributed by atoms with Gasteiger partial charge in [-0.15, -0.1) is 0 Å². The third kappa shape index (κ3) is 2.00. The summed E-state index contributed by atoms with van der Waals surface area (Å²) < 4.78 is 5.17. The maximum atomic E-state index is 5.92. The number of rotatable bonds is 2. The van der Waals surface area contributed by atoms with Crippen molar-refractivity contribution in [3.05, 3.63) is 41.0 Å². The van der Waals surface area contributed by atoms with Crippen molar-refractivity contribution in [3.8, 4) is 23.0 Å². The van der Waals surface area contributed by atoms with E-state index in [1.165, 1.54) is 0 Å². The maximum absolute atomic E-state index is 5.92. The van der Waals surface area contributed by atoms with E-state index < -0.39 is 0 Å². The predicted octanol–water partition coefficient (Wildman–Crippen LogP) is 3.09. The van der Waals surface area contributed by atoms with Crippen molar-refractivity contribution < 1.29 is 4.52 Å². The van der Waals surface area contributed by atoms with Gasteiger partial charge in [0.05, 0.1) is 0 Å². The third-order valence-electron chi connectivity index (χ3n) is 2.43. The van der Waals surface area contributed by atoms with Crippen molar-refractivity contribution in [2.24, 2.45) is 0 Å². The van der Waals surface area contributed by atoms with Gasteiger partial charge >= 0.3 is 0 Å². The quantitative estimate of drug-likeness (QED) is 0.769. The Balaban J connectivity index is 1.99. The monoisotopic (exact) mass is 260 g/mol. The maximum Gasteiger partial charge on any atom is 0.278 e. The molecule has 0 spiro atoms. The van der Waals surface area contributed by atoms with Gasteiger partial charge in [0, 0.05) is 16.3 Å². The third-order valence-corrected chi connectivity index (χ3v) is 2.67. The average Bonchev–Trinajstić information content (AvgIpc) is 2.97. The molecule has 0 aliphatic rings. The van der Waals surface area contributed by atoms with Crippen LogP contribution in [0.1, 0.15) is 5.69 Å². The molecule has 2 heterocycles. The van der Waals surface area contributed by atoms with Crippen molar-refractivity contribution in [2.75, 3.05) is 0 Å². The zero-order valence-electron chi connectivity index (χ0n) is 9.51. The zero-order valence-corrected chi connectivity index (χ0v) is 10.3. The van der Waals surface area contributed by atoms with E-state index in [2.05, 4.69) is 20.3 Å². The standard InChI is InChI=1S/C12H9ClN4O/c1-7-5-10(16-15-7)12-14-11(17-18-12)8-3-2-4-9(13)6-8/h2-6H,1H3,(H,15,16). The van der Waals surface area contributed by atoms with Gasteiger partial charge in [0.1, 0.15) is 0 Å². The van der Waals surface area contributed by atoms with Crippen LogP contribution >= 0.6 is 11.6 Å². The van der Waals surface area contributed by atoms with Gasteiger partial charge in [0.2, 0.25) is 5.82 Å². The number of nitrogens with one attached hydrogen (secondary N) is 1. The van der Waals surface area contributed by atoms with Crippen LogP contribution in [0.15, 0.2) is 34.9 Å². The summed E-state index contributed by atoms with van der Waals surface area (Å²) in [5.41, 5.74) is 2.38. The number of benzene rings is 1. The molecule has 0 bridgehead atoms. The summed E-state index contributed by atoms with van der Waals surface area (Å²) >= 11 is 5.92. The number of H-pyrrole nitrogens is 1. The molecule has 0 aliphatic heterocycles. The first-order valence-electron chi connectivity index (χ1n) is 5.34. The summed E-state index contributed by atoms with van der Waals surface area (Å²) in [7, 11) is 0. The fraction of sp³-hybridized carbons (Fsp3) is 0.0833. The summed E-state index contributed by atoms with van der Waals surface area (Å²) in [6.07, 6.45) is 0. The molecule has 3 rings (SSSR count). The lowest BCUT2D eigenvalue weighted by Crippen LogP contribution is -1.81. The summed E-state index contributed by atoms with van der Waals surface area (Å²) in [5.74, 6) is 0.877. The van der Waals surface area contributed by atoms with Gasteiger partial charge in [0.25, 0.3) is 5.89 Å². The molecule has 5 nitrogen and oxygen atoms in total. The molecule has 2 aromatic heterocycles. The number of aromatic amines is 1. The Morgan fingerprint density at radius 2 is 2.17 bits per heavy atom. The molecule has 3 aromatic rings. The Labute approximate surface area is 108 Å². The van der Waals surface area contributed by atoms with E-state index in [9.17, 15) is 0 Å². The number of nitrogens with zero attached hydrogens (tertiary/aromatic N) is 3. The van der Waals surface area contributed by atoms with E-state index in [0.29, 0.717) is 22.4 Å². The normalized spacial score (nSPS) is 10.8. The van der Waals surface area contributed by atoms with Gasteiger partial charge in [-0.25, -0.2) is 0 Å². The fourth-order valence-corrected chi connectivity index (χ4v) is 1.79. The molecule has 18 heavy (non-hydrogen) atoms. The summed E-state index contributed by atoms with van der Waals surface area (Å²) in [6, 6.07) is 9.13. The second kappa shape index (κ2) is 4.27. The van der Waals surface area contributed by atoms with Crippen LogP contribution in [-0.2, 0) is 0 Å². The van der Waals surface area contributed by atoms with Crippen molar-refractivity contribution >= 4 is 11.6 Å². The lowest BCUT2D eigenvalue weighted by molar-refractivity contribution is 0.431. The van der Waals surface area contributed by atoms with Crippen molar-refractivity contribution in [3.63, 3.8) is 0 Å². The second-order valence-electron chi connectivity index (χ2n) is 3.87. The molecule has 90 valence electrons. The van der Waals surface area contributed by atoms with E-state index >= 15 is 0 Å². The van der Waals surface area contributed by atoms with Crippen molar-refractivity contribution in [2.45, 2.75) is 6.92 Å². The van der Waals surface area contributed by atoms with Gasteiger partial charge in [-0.1, -0.05) is 28.9 Å². The van der Waals surface area contributed by atoms with Gasteiger partial charge in [0.15, 0.2) is 5.69 Å². The first-order valence-corrected chi connectivity index (χ1v) is 5.72. The number of hydrogen-bond donors (Lipinski definition) is 1. The van der Waals surface area contributed by atoms with Gasteiger partial charge in [-0.3, -0.25) is 5.10 Å². The lowest BCUT2D eigenvalue weighted by atomic mass is 10.2. The molecule has 1 N–H and O–H groups in total. The molecule has 0 unspecified atom stereocenters. The predicted molar refractivity (Wildman–Crippen MR) is 67.1 cm³/mol. The molecular formula is C12H9ClN4O. The van der Waals surface area contributed by atoms with E-state index in [-0.39, 0.29) is 0 Å². The fourth-order valence-electron chi connectivity index (χ4n) is 1.60. The highest BCUT2D eigenvalue weighted by Crippen LogP contribution is 2.23. The number of hydrogen-bond acceptors (Lipinski definition) is 4. The number of aromatic nitrogens is 4. The van der Waals surface area contributed by atoms with Crippen LogP contribution in [0.4, 0.5) is 0 Å². The van der Waals surface area contributed by atoms with Crippen LogP contribution in [0.2, 0.25) is 5.02 Å². The second-order valence-corrected chi connectivity index (χ2v) is 4.31. The Morgan fingerprint density at radius 1 is 1.28 bits per heavy atom. The Morgan fingerprint density at radius 3 is 2.89 bits per heavy atom. The summed E-state index contributed by atoms with van der Waals surface area (Å²) in [6.45, 7) is 1.91. The highest BCUT2D eigenvalue weighted by molar-refractivity contribution is 6.30. The highest BCUT2D eigenvalue weighted by atomic mass is 35.5. The highest BCUT2D eigenvalue weighted by Gasteiger charge is 2.12. The van der Waals surface area contributed by atoms with Crippen LogP contribution in [0.5, 0.6) is 0 Å². The topological polar surface area (TPSA) is 67.6 Å². The molecule has 0 radical (unpaired) electrons. The van der Waals surface area contributed by atoms with Gasteiger partial charge in [-0.2, -0.15) is 10.1 Å². The molecule has 0 saturated heterocycles. The van der Waals surface area contributed by atoms with Crippen LogP contribution in [-0.4, -0.2) is 20.3 Å². The van der Waals surface area contributed by atoms with Crippen molar-refractivity contribution in [1.82, 2.24) is 20.3 Å². The van der Waals surface area contributed by atoms with Crippen LogP contribution in [0.3, 0.4) is 0 Å². The average molecular weight is 261 g/mol. The van der Waals surface area contributed by atoms with Crippen molar-refractivity contribution in [1.29, 1.82) is 0 Å². The SMILES string of the molecule is Cc1cc(-c2nc(-c3cccc(Cl)c3)no2)n[nH]1. The molecule has 0 atom stereocenters. The number of halogens is 1. The zero-order chi connectivity index (χ0) is 12.5. The Bertz CT molecular complexity index is 689. The minimum Gasteiger partial charge on any atom is -0.332 e. The van der Waals surface area contributed by atoms with E-state index in [1.807, 2.05) is 25.1 Å². The largest absolute Gasteiger partial charge is 0.332 e. The van der Waals surface area contributed by atoms with E-state index in [0.717, 1.165) is 11.3 Å². The van der Waals surface area contributed by atoms with Gasteiger partial charge < -0.3 is 4.52 Å². The minimum atomic E-state index is 0.384. The van der Waals surface area contributed by atoms with Gasteiger partial charge in [-0.05, 0) is 25.1 Å². The molecule has 0 amide bonds. The first-order chi connectivity index (χ1) is 8.72. The molecule has 0 fully saturated rings. The molecule has 6 heteroatoms. The first kappa shape index (κ1) is 11.0. The summed E-state index contributed by atoms with van der Waals surface area (Å²) in [4.78, 5) is 4.29. The number of aryl methyl sites for hydroxylation is 1. The van der Waals surface area contributed by atoms with Crippen LogP contribution < -0.4 is 0 Å². The molecule has 0 aliphatic carbocycles. The lowest BCUT2D eigenvalue weighted by Gasteiger charge is -1.93.